The maximum Gasteiger partial charge on any atom is 0.228 e. The summed E-state index contributed by atoms with van der Waals surface area (Å²) in [4.78, 5) is 20.7. The molecule has 0 bridgehead atoms. The number of piperazine rings is 1. The zero-order chi connectivity index (χ0) is 27.1. The van der Waals surface area contributed by atoms with Gasteiger partial charge in [-0.1, -0.05) is 30.2 Å². The predicted octanol–water partition coefficient (Wildman–Crippen LogP) is 4.04. The van der Waals surface area contributed by atoms with Crippen molar-refractivity contribution in [3.05, 3.63) is 53.7 Å². The fourth-order valence-corrected chi connectivity index (χ4v) is 5.68. The van der Waals surface area contributed by atoms with E-state index in [0.717, 1.165) is 52.1 Å². The summed E-state index contributed by atoms with van der Waals surface area (Å²) < 4.78 is 31.2. The van der Waals surface area contributed by atoms with Gasteiger partial charge in [0.2, 0.25) is 5.95 Å². The van der Waals surface area contributed by atoms with Crippen LogP contribution < -0.4 is 15.1 Å². The van der Waals surface area contributed by atoms with E-state index < -0.39 is 11.6 Å². The molecule has 0 spiro atoms. The van der Waals surface area contributed by atoms with E-state index in [1.807, 2.05) is 13.1 Å². The van der Waals surface area contributed by atoms with E-state index in [2.05, 4.69) is 38.0 Å². The van der Waals surface area contributed by atoms with E-state index >= 15 is 4.39 Å². The van der Waals surface area contributed by atoms with Crippen molar-refractivity contribution in [1.29, 1.82) is 0 Å². The highest BCUT2D eigenvalue weighted by atomic mass is 19.1. The minimum atomic E-state index is -0.571. The van der Waals surface area contributed by atoms with Gasteiger partial charge in [-0.15, -0.1) is 6.42 Å². The molecule has 9 heteroatoms. The number of likely N-dealkylation sites (N-methyl/N-ethyl adjacent to an activating group) is 2. The van der Waals surface area contributed by atoms with E-state index in [-0.39, 0.29) is 16.8 Å². The Bertz CT molecular complexity index is 1580. The molecule has 0 amide bonds. The first-order chi connectivity index (χ1) is 18.9. The van der Waals surface area contributed by atoms with Gasteiger partial charge in [0.25, 0.3) is 0 Å². The lowest BCUT2D eigenvalue weighted by molar-refractivity contribution is 0.311. The third-order valence-electron chi connectivity index (χ3n) is 7.85. The molecule has 1 N–H and O–H groups in total. The summed E-state index contributed by atoms with van der Waals surface area (Å²) in [5.41, 5.74) is 0.809. The standard InChI is InChI=1S/C30H31F2N7/c1-4-21-24(31)11-10-19-7-5-9-22(25(19)21)27-26(32)28-23(17-34-27)29(38(3)18-20-8-6-12-33-20)36-30(35-28)39-15-13-37(2)14-16-39/h1,5,7,9-11,17,20,33H,6,8,12-16,18H2,2-3H3/t20-/m0/s1. The Hall–Kier alpha value is -3.87. The average molecular weight is 528 g/mol. The van der Waals surface area contributed by atoms with Crippen molar-refractivity contribution in [2.75, 3.05) is 63.2 Å². The van der Waals surface area contributed by atoms with Crippen LogP contribution in [0.15, 0.2) is 36.5 Å². The normalized spacial score (nSPS) is 18.1. The summed E-state index contributed by atoms with van der Waals surface area (Å²) in [6.07, 6.45) is 9.54. The molecule has 2 aromatic heterocycles. The lowest BCUT2D eigenvalue weighted by Crippen LogP contribution is -2.45. The third kappa shape index (κ3) is 4.64. The first-order valence-corrected chi connectivity index (χ1v) is 13.4. The molecule has 0 saturated carbocycles. The number of nitrogens with one attached hydrogen (secondary N) is 1. The Morgan fingerprint density at radius 2 is 1.95 bits per heavy atom. The first-order valence-electron chi connectivity index (χ1n) is 13.4. The van der Waals surface area contributed by atoms with Gasteiger partial charge < -0.3 is 20.0 Å². The molecular weight excluding hydrogens is 496 g/mol. The highest BCUT2D eigenvalue weighted by Gasteiger charge is 2.25. The summed E-state index contributed by atoms with van der Waals surface area (Å²) in [5.74, 6) is 2.50. The Kier molecular flexibility index (Phi) is 6.75. The lowest BCUT2D eigenvalue weighted by Gasteiger charge is -2.33. The van der Waals surface area contributed by atoms with Crippen LogP contribution in [0.4, 0.5) is 20.5 Å². The van der Waals surface area contributed by atoms with Crippen molar-refractivity contribution in [3.8, 4) is 23.6 Å². The van der Waals surface area contributed by atoms with E-state index in [1.54, 1.807) is 24.4 Å². The predicted molar refractivity (Wildman–Crippen MR) is 152 cm³/mol. The first kappa shape index (κ1) is 25.4. The third-order valence-corrected chi connectivity index (χ3v) is 7.85. The van der Waals surface area contributed by atoms with Gasteiger partial charge in [-0.25, -0.2) is 13.8 Å². The molecule has 2 fully saturated rings. The van der Waals surface area contributed by atoms with E-state index in [0.29, 0.717) is 39.5 Å². The molecule has 1 atom stereocenters. The summed E-state index contributed by atoms with van der Waals surface area (Å²) >= 11 is 0. The second-order valence-corrected chi connectivity index (χ2v) is 10.5. The average Bonchev–Trinajstić information content (AvgIpc) is 3.46. The number of benzene rings is 2. The Morgan fingerprint density at radius 1 is 1.13 bits per heavy atom. The number of halogens is 2. The number of aromatic nitrogens is 3. The molecule has 0 unspecified atom stereocenters. The number of terminal acetylenes is 1. The number of hydrogen-bond acceptors (Lipinski definition) is 7. The van der Waals surface area contributed by atoms with Crippen molar-refractivity contribution in [2.24, 2.45) is 0 Å². The van der Waals surface area contributed by atoms with Gasteiger partial charge in [-0.2, -0.15) is 4.98 Å². The van der Waals surface area contributed by atoms with E-state index in [9.17, 15) is 4.39 Å². The Morgan fingerprint density at radius 3 is 2.69 bits per heavy atom. The van der Waals surface area contributed by atoms with Gasteiger partial charge in [-0.05, 0) is 37.9 Å². The van der Waals surface area contributed by atoms with Gasteiger partial charge in [0, 0.05) is 63.0 Å². The number of nitrogens with zero attached hydrogens (tertiary/aromatic N) is 6. The summed E-state index contributed by atoms with van der Waals surface area (Å²) in [5, 5.41) is 5.24. The summed E-state index contributed by atoms with van der Waals surface area (Å²) in [7, 11) is 4.06. The fraction of sp³-hybridized carbons (Fsp3) is 0.367. The number of pyridine rings is 1. The molecule has 39 heavy (non-hydrogen) atoms. The second-order valence-electron chi connectivity index (χ2n) is 10.5. The van der Waals surface area contributed by atoms with Crippen LogP contribution >= 0.6 is 0 Å². The fourth-order valence-electron chi connectivity index (χ4n) is 5.68. The molecule has 2 aliphatic heterocycles. The van der Waals surface area contributed by atoms with Crippen molar-refractivity contribution in [3.63, 3.8) is 0 Å². The summed E-state index contributed by atoms with van der Waals surface area (Å²) in [6.45, 7) is 5.00. The van der Waals surface area contributed by atoms with Crippen molar-refractivity contribution in [2.45, 2.75) is 18.9 Å². The Labute approximate surface area is 226 Å². The van der Waals surface area contributed by atoms with Gasteiger partial charge in [0.05, 0.1) is 10.9 Å². The minimum absolute atomic E-state index is 0.0873. The molecular formula is C30H31F2N7. The Balaban J connectivity index is 1.53. The number of hydrogen-bond donors (Lipinski definition) is 1. The van der Waals surface area contributed by atoms with Gasteiger partial charge in [0.1, 0.15) is 22.8 Å². The molecule has 2 saturated heterocycles. The number of fused-ring (bicyclic) bond motifs is 2. The second kappa shape index (κ2) is 10.4. The van der Waals surface area contributed by atoms with Crippen LogP contribution in [0.25, 0.3) is 32.9 Å². The van der Waals surface area contributed by atoms with Gasteiger partial charge in [0.15, 0.2) is 5.82 Å². The largest absolute Gasteiger partial charge is 0.357 e. The van der Waals surface area contributed by atoms with Crippen LogP contribution in [-0.2, 0) is 0 Å². The van der Waals surface area contributed by atoms with Crippen LogP contribution in [0.3, 0.4) is 0 Å². The van der Waals surface area contributed by atoms with Crippen LogP contribution in [0.1, 0.15) is 18.4 Å². The molecule has 0 radical (unpaired) electrons. The highest BCUT2D eigenvalue weighted by molar-refractivity contribution is 6.02. The zero-order valence-electron chi connectivity index (χ0n) is 22.2. The minimum Gasteiger partial charge on any atom is -0.357 e. The molecule has 4 aromatic rings. The van der Waals surface area contributed by atoms with Crippen LogP contribution in [0, 0.1) is 24.0 Å². The molecule has 200 valence electrons. The SMILES string of the molecule is C#Cc1c(F)ccc2cccc(-c3ncc4c(N(C)C[C@@H]5CCCN5)nc(N5CCN(C)CC5)nc4c3F)c12. The molecule has 7 nitrogen and oxygen atoms in total. The topological polar surface area (TPSA) is 60.4 Å². The van der Waals surface area contributed by atoms with Crippen molar-refractivity contribution >= 4 is 33.4 Å². The smallest absolute Gasteiger partial charge is 0.228 e. The lowest BCUT2D eigenvalue weighted by atomic mass is 9.96. The number of anilines is 2. The molecule has 6 rings (SSSR count). The molecule has 0 aliphatic carbocycles. The molecule has 2 aromatic carbocycles. The van der Waals surface area contributed by atoms with Crippen molar-refractivity contribution in [1.82, 2.24) is 25.2 Å². The van der Waals surface area contributed by atoms with Crippen molar-refractivity contribution < 1.29 is 8.78 Å². The summed E-state index contributed by atoms with van der Waals surface area (Å²) in [6, 6.07) is 8.67. The zero-order valence-corrected chi connectivity index (χ0v) is 22.2. The van der Waals surface area contributed by atoms with Crippen LogP contribution in [0.5, 0.6) is 0 Å². The van der Waals surface area contributed by atoms with Crippen LogP contribution in [-0.4, -0.2) is 79.3 Å². The van der Waals surface area contributed by atoms with Crippen LogP contribution in [0.2, 0.25) is 0 Å². The quantitative estimate of drug-likeness (QED) is 0.393. The maximum atomic E-state index is 16.5. The van der Waals surface area contributed by atoms with Gasteiger partial charge in [-0.3, -0.25) is 4.98 Å². The van der Waals surface area contributed by atoms with E-state index in [1.165, 1.54) is 6.07 Å². The monoisotopic (exact) mass is 527 g/mol. The maximum absolute atomic E-state index is 16.5. The molecule has 4 heterocycles. The number of rotatable bonds is 5. The van der Waals surface area contributed by atoms with E-state index in [4.69, 9.17) is 16.4 Å². The highest BCUT2D eigenvalue weighted by Crippen LogP contribution is 2.36. The van der Waals surface area contributed by atoms with Gasteiger partial charge >= 0.3 is 0 Å². The molecule has 2 aliphatic rings.